The van der Waals surface area contributed by atoms with E-state index in [1.165, 1.54) is 11.1 Å². The maximum Gasteiger partial charge on any atom is 0.408 e. The molecule has 192 valence electrons. The third kappa shape index (κ3) is 5.64. The van der Waals surface area contributed by atoms with Crippen molar-refractivity contribution in [2.75, 3.05) is 13.2 Å². The average Bonchev–Trinajstić information content (AvgIpc) is 3.14. The molecular formula is C28H34N2O6. The Kier molecular flexibility index (Phi) is 7.24. The molecule has 0 aromatic heterocycles. The monoisotopic (exact) mass is 494 g/mol. The molecule has 0 spiro atoms. The Balaban J connectivity index is 1.27. The van der Waals surface area contributed by atoms with Crippen molar-refractivity contribution in [1.82, 2.24) is 10.6 Å². The number of hydrogen-bond acceptors (Lipinski definition) is 5. The molecule has 0 aliphatic heterocycles. The standard InChI is InChI=1S/C28H34N2O6/c1-27(2,3)36-26(34)30-28(24(31)32)14-12-18(13-15-28)16-29-25(33)35-17-23-21-10-6-4-8-19(21)20-9-5-7-11-22(20)23/h4-11,18,23H,12-17H2,1-3H3,(H,29,33)(H,30,34)(H,31,32). The highest BCUT2D eigenvalue weighted by atomic mass is 16.6. The minimum atomic E-state index is -1.36. The Morgan fingerprint density at radius 1 is 0.944 bits per heavy atom. The lowest BCUT2D eigenvalue weighted by Crippen LogP contribution is -2.57. The number of nitrogens with one attached hydrogen (secondary N) is 2. The molecule has 1 saturated carbocycles. The Labute approximate surface area is 211 Å². The van der Waals surface area contributed by atoms with Crippen LogP contribution >= 0.6 is 0 Å². The number of alkyl carbamates (subject to hydrolysis) is 2. The third-order valence-electron chi connectivity index (χ3n) is 6.99. The summed E-state index contributed by atoms with van der Waals surface area (Å²) in [6.07, 6.45) is 0.397. The smallest absolute Gasteiger partial charge is 0.408 e. The van der Waals surface area contributed by atoms with Crippen molar-refractivity contribution in [1.29, 1.82) is 0 Å². The fourth-order valence-corrected chi connectivity index (χ4v) is 5.14. The van der Waals surface area contributed by atoms with Crippen molar-refractivity contribution in [3.63, 3.8) is 0 Å². The van der Waals surface area contributed by atoms with Gasteiger partial charge in [0.25, 0.3) is 0 Å². The zero-order valence-electron chi connectivity index (χ0n) is 21.0. The number of carbonyl (C=O) groups excluding carboxylic acids is 2. The number of carboxylic acid groups (broad SMARTS) is 1. The number of ether oxygens (including phenoxy) is 2. The van der Waals surface area contributed by atoms with E-state index < -0.39 is 29.3 Å². The van der Waals surface area contributed by atoms with Gasteiger partial charge >= 0.3 is 18.2 Å². The van der Waals surface area contributed by atoms with E-state index in [9.17, 15) is 19.5 Å². The van der Waals surface area contributed by atoms with Gasteiger partial charge in [-0.3, -0.25) is 0 Å². The third-order valence-corrected chi connectivity index (χ3v) is 6.99. The van der Waals surface area contributed by atoms with Crippen LogP contribution in [0.2, 0.25) is 0 Å². The molecule has 8 nitrogen and oxygen atoms in total. The van der Waals surface area contributed by atoms with E-state index in [0.717, 1.165) is 11.1 Å². The molecule has 2 aromatic carbocycles. The molecular weight excluding hydrogens is 460 g/mol. The van der Waals surface area contributed by atoms with Crippen molar-refractivity contribution >= 4 is 18.2 Å². The molecule has 0 unspecified atom stereocenters. The van der Waals surface area contributed by atoms with Gasteiger partial charge in [0.2, 0.25) is 0 Å². The second-order valence-corrected chi connectivity index (χ2v) is 10.7. The van der Waals surface area contributed by atoms with Gasteiger partial charge in [-0.25, -0.2) is 14.4 Å². The fraction of sp³-hybridized carbons (Fsp3) is 0.464. The number of aliphatic carboxylic acids is 1. The molecule has 2 aromatic rings. The normalized spacial score (nSPS) is 21.1. The van der Waals surface area contributed by atoms with Crippen LogP contribution < -0.4 is 10.6 Å². The van der Waals surface area contributed by atoms with Crippen molar-refractivity contribution in [2.24, 2.45) is 5.92 Å². The second-order valence-electron chi connectivity index (χ2n) is 10.7. The first-order valence-electron chi connectivity index (χ1n) is 12.4. The van der Waals surface area contributed by atoms with Gasteiger partial charge < -0.3 is 25.2 Å². The lowest BCUT2D eigenvalue weighted by Gasteiger charge is -2.37. The molecule has 2 aliphatic carbocycles. The van der Waals surface area contributed by atoms with Crippen molar-refractivity contribution in [3.8, 4) is 11.1 Å². The molecule has 1 fully saturated rings. The van der Waals surface area contributed by atoms with Crippen LogP contribution in [-0.4, -0.2) is 47.6 Å². The molecule has 2 aliphatic rings. The maximum atomic E-state index is 12.5. The molecule has 0 heterocycles. The van der Waals surface area contributed by atoms with Crippen LogP contribution in [0.4, 0.5) is 9.59 Å². The van der Waals surface area contributed by atoms with Gasteiger partial charge in [-0.1, -0.05) is 48.5 Å². The molecule has 0 bridgehead atoms. The quantitative estimate of drug-likeness (QED) is 0.517. The van der Waals surface area contributed by atoms with Crippen molar-refractivity contribution in [2.45, 2.75) is 63.5 Å². The molecule has 36 heavy (non-hydrogen) atoms. The van der Waals surface area contributed by atoms with Crippen LogP contribution in [-0.2, 0) is 14.3 Å². The highest BCUT2D eigenvalue weighted by molar-refractivity contribution is 5.84. The summed E-state index contributed by atoms with van der Waals surface area (Å²) in [6, 6.07) is 16.3. The Hall–Kier alpha value is -3.55. The highest BCUT2D eigenvalue weighted by Gasteiger charge is 2.44. The predicted octanol–water partition coefficient (Wildman–Crippen LogP) is 5.06. The lowest BCUT2D eigenvalue weighted by atomic mass is 9.76. The predicted molar refractivity (Wildman–Crippen MR) is 135 cm³/mol. The van der Waals surface area contributed by atoms with Gasteiger partial charge in [0.05, 0.1) is 0 Å². The maximum absolute atomic E-state index is 12.5. The van der Waals surface area contributed by atoms with Crippen molar-refractivity contribution < 1.29 is 29.0 Å². The van der Waals surface area contributed by atoms with Crippen LogP contribution in [0, 0.1) is 5.92 Å². The van der Waals surface area contributed by atoms with E-state index in [0.29, 0.717) is 19.4 Å². The lowest BCUT2D eigenvalue weighted by molar-refractivity contribution is -0.146. The Morgan fingerprint density at radius 2 is 1.50 bits per heavy atom. The summed E-state index contributed by atoms with van der Waals surface area (Å²) in [5, 5.41) is 15.2. The van der Waals surface area contributed by atoms with Crippen LogP contribution in [0.25, 0.3) is 11.1 Å². The number of rotatable bonds is 6. The Morgan fingerprint density at radius 3 is 2.03 bits per heavy atom. The van der Waals surface area contributed by atoms with Gasteiger partial charge in [-0.15, -0.1) is 0 Å². The van der Waals surface area contributed by atoms with Gasteiger partial charge in [-0.05, 0) is 74.6 Å². The largest absolute Gasteiger partial charge is 0.480 e. The van der Waals surface area contributed by atoms with Crippen LogP contribution in [0.5, 0.6) is 0 Å². The topological polar surface area (TPSA) is 114 Å². The number of fused-ring (bicyclic) bond motifs is 3. The first-order chi connectivity index (χ1) is 17.1. The fourth-order valence-electron chi connectivity index (χ4n) is 5.14. The average molecular weight is 495 g/mol. The van der Waals surface area contributed by atoms with E-state index in [-0.39, 0.29) is 31.3 Å². The van der Waals surface area contributed by atoms with E-state index >= 15 is 0 Å². The summed E-state index contributed by atoms with van der Waals surface area (Å²) in [5.41, 5.74) is 2.58. The second kappa shape index (κ2) is 10.2. The molecule has 3 N–H and O–H groups in total. The number of carbonyl (C=O) groups is 3. The zero-order chi connectivity index (χ0) is 25.9. The van der Waals surface area contributed by atoms with Gasteiger partial charge in [-0.2, -0.15) is 0 Å². The first-order valence-corrected chi connectivity index (χ1v) is 12.4. The molecule has 0 atom stereocenters. The molecule has 2 amide bonds. The van der Waals surface area contributed by atoms with E-state index in [1.807, 2.05) is 24.3 Å². The van der Waals surface area contributed by atoms with E-state index in [2.05, 4.69) is 34.9 Å². The van der Waals surface area contributed by atoms with Crippen LogP contribution in [0.1, 0.15) is 63.5 Å². The summed E-state index contributed by atoms with van der Waals surface area (Å²) in [5.74, 6) is -0.984. The number of carboxylic acids is 1. The number of amides is 2. The van der Waals surface area contributed by atoms with Gasteiger partial charge in [0.15, 0.2) is 0 Å². The van der Waals surface area contributed by atoms with E-state index in [1.54, 1.807) is 20.8 Å². The number of benzene rings is 2. The summed E-state index contributed by atoms with van der Waals surface area (Å²) in [6.45, 7) is 5.81. The van der Waals surface area contributed by atoms with Gasteiger partial charge in [0, 0.05) is 12.5 Å². The molecule has 0 radical (unpaired) electrons. The zero-order valence-corrected chi connectivity index (χ0v) is 21.0. The van der Waals surface area contributed by atoms with E-state index in [4.69, 9.17) is 9.47 Å². The van der Waals surface area contributed by atoms with Crippen LogP contribution in [0.3, 0.4) is 0 Å². The summed E-state index contributed by atoms with van der Waals surface area (Å²) in [7, 11) is 0. The van der Waals surface area contributed by atoms with Gasteiger partial charge in [0.1, 0.15) is 17.7 Å². The summed E-state index contributed by atoms with van der Waals surface area (Å²) < 4.78 is 10.8. The molecule has 0 saturated heterocycles. The molecule has 4 rings (SSSR count). The number of hydrogen-bond donors (Lipinski definition) is 3. The minimum Gasteiger partial charge on any atom is -0.480 e. The molecule has 8 heteroatoms. The SMILES string of the molecule is CC(C)(C)OC(=O)NC1(C(=O)O)CCC(CNC(=O)OCC2c3ccccc3-c3ccccc32)CC1. The minimum absolute atomic E-state index is 0.00654. The summed E-state index contributed by atoms with van der Waals surface area (Å²) >= 11 is 0. The summed E-state index contributed by atoms with van der Waals surface area (Å²) in [4.78, 5) is 36.7. The van der Waals surface area contributed by atoms with Crippen molar-refractivity contribution in [3.05, 3.63) is 59.7 Å². The highest BCUT2D eigenvalue weighted by Crippen LogP contribution is 2.44. The Bertz CT molecular complexity index is 1090. The van der Waals surface area contributed by atoms with Crippen LogP contribution in [0.15, 0.2) is 48.5 Å². The first kappa shape index (κ1) is 25.5.